The lowest BCUT2D eigenvalue weighted by Gasteiger charge is -2.11. The van der Waals surface area contributed by atoms with E-state index in [4.69, 9.17) is 0 Å². The van der Waals surface area contributed by atoms with Crippen LogP contribution < -0.4 is 0 Å². The lowest BCUT2D eigenvalue weighted by Crippen LogP contribution is -2.06. The lowest BCUT2D eigenvalue weighted by atomic mass is 10.2. The van der Waals surface area contributed by atoms with Crippen molar-refractivity contribution >= 4 is 21.6 Å². The summed E-state index contributed by atoms with van der Waals surface area (Å²) in [6.07, 6.45) is 1.20. The van der Waals surface area contributed by atoms with Gasteiger partial charge in [-0.05, 0) is 31.2 Å². The average molecular weight is 391 g/mol. The predicted octanol–water partition coefficient (Wildman–Crippen LogP) is 3.52. The summed E-state index contributed by atoms with van der Waals surface area (Å²) in [7, 11) is -3.07. The van der Waals surface area contributed by atoms with E-state index in [1.165, 1.54) is 24.1 Å². The SMILES string of the molecule is Cc1ccc(-n2c(SCCS(C)(=O)=O)nnc2-c2ccccc2F)cc1. The quantitative estimate of drug-likeness (QED) is 0.602. The van der Waals surface area contributed by atoms with Crippen molar-refractivity contribution in [3.05, 3.63) is 59.9 Å². The molecule has 0 spiro atoms. The van der Waals surface area contributed by atoms with E-state index in [0.29, 0.717) is 22.3 Å². The molecule has 0 N–H and O–H groups in total. The molecule has 2 aromatic carbocycles. The maximum absolute atomic E-state index is 14.3. The van der Waals surface area contributed by atoms with Crippen molar-refractivity contribution < 1.29 is 12.8 Å². The van der Waals surface area contributed by atoms with E-state index in [1.807, 2.05) is 31.2 Å². The van der Waals surface area contributed by atoms with E-state index >= 15 is 0 Å². The Labute approximate surface area is 156 Å². The number of halogens is 1. The Balaban J connectivity index is 2.05. The average Bonchev–Trinajstić information content (AvgIpc) is 2.98. The van der Waals surface area contributed by atoms with Crippen LogP contribution in [0.2, 0.25) is 0 Å². The van der Waals surface area contributed by atoms with E-state index < -0.39 is 9.84 Å². The molecule has 0 fully saturated rings. The number of thioether (sulfide) groups is 1. The molecule has 26 heavy (non-hydrogen) atoms. The Morgan fingerprint density at radius 2 is 1.77 bits per heavy atom. The van der Waals surface area contributed by atoms with Gasteiger partial charge in [-0.1, -0.05) is 41.6 Å². The Morgan fingerprint density at radius 1 is 1.08 bits per heavy atom. The molecule has 0 aliphatic carbocycles. The summed E-state index contributed by atoms with van der Waals surface area (Å²) >= 11 is 1.28. The number of hydrogen-bond donors (Lipinski definition) is 0. The van der Waals surface area contributed by atoms with E-state index in [-0.39, 0.29) is 11.6 Å². The summed E-state index contributed by atoms with van der Waals surface area (Å²) in [6.45, 7) is 1.98. The van der Waals surface area contributed by atoms with Crippen molar-refractivity contribution in [3.63, 3.8) is 0 Å². The molecule has 0 saturated carbocycles. The van der Waals surface area contributed by atoms with Gasteiger partial charge in [0.1, 0.15) is 15.7 Å². The fourth-order valence-electron chi connectivity index (χ4n) is 2.39. The van der Waals surface area contributed by atoms with Crippen molar-refractivity contribution in [3.8, 4) is 17.1 Å². The fraction of sp³-hybridized carbons (Fsp3) is 0.222. The van der Waals surface area contributed by atoms with Gasteiger partial charge in [0.15, 0.2) is 11.0 Å². The van der Waals surface area contributed by atoms with E-state index in [9.17, 15) is 12.8 Å². The minimum atomic E-state index is -3.07. The number of hydrogen-bond acceptors (Lipinski definition) is 5. The van der Waals surface area contributed by atoms with Crippen molar-refractivity contribution in [1.29, 1.82) is 0 Å². The van der Waals surface area contributed by atoms with Crippen LogP contribution in [0, 0.1) is 12.7 Å². The summed E-state index contributed by atoms with van der Waals surface area (Å²) in [6, 6.07) is 14.1. The molecule has 0 aliphatic rings. The van der Waals surface area contributed by atoms with Gasteiger partial charge in [0.25, 0.3) is 0 Å². The van der Waals surface area contributed by atoms with Gasteiger partial charge >= 0.3 is 0 Å². The summed E-state index contributed by atoms with van der Waals surface area (Å²) in [5, 5.41) is 8.85. The molecular formula is C18H18FN3O2S2. The zero-order valence-corrected chi connectivity index (χ0v) is 16.0. The smallest absolute Gasteiger partial charge is 0.196 e. The minimum absolute atomic E-state index is 0.0352. The molecule has 5 nitrogen and oxygen atoms in total. The van der Waals surface area contributed by atoms with Crippen molar-refractivity contribution in [2.24, 2.45) is 0 Å². The highest BCUT2D eigenvalue weighted by molar-refractivity contribution is 8.00. The fourth-order valence-corrected chi connectivity index (χ4v) is 4.54. The zero-order chi connectivity index (χ0) is 18.7. The molecule has 1 heterocycles. The molecule has 0 saturated heterocycles. The summed E-state index contributed by atoms with van der Waals surface area (Å²) in [5.74, 6) is 0.378. The molecule has 0 aliphatic heterocycles. The van der Waals surface area contributed by atoms with Gasteiger partial charge in [0.2, 0.25) is 0 Å². The van der Waals surface area contributed by atoms with Crippen LogP contribution in [0.25, 0.3) is 17.1 Å². The molecular weight excluding hydrogens is 373 g/mol. The van der Waals surface area contributed by atoms with Crippen LogP contribution >= 0.6 is 11.8 Å². The summed E-state index contributed by atoms with van der Waals surface area (Å²) in [4.78, 5) is 0. The number of rotatable bonds is 6. The maximum atomic E-state index is 14.3. The van der Waals surface area contributed by atoms with Crippen LogP contribution in [-0.2, 0) is 9.84 Å². The van der Waals surface area contributed by atoms with Crippen LogP contribution in [0.5, 0.6) is 0 Å². The topological polar surface area (TPSA) is 64.8 Å². The van der Waals surface area contributed by atoms with Gasteiger partial charge in [-0.2, -0.15) is 0 Å². The molecule has 3 rings (SSSR count). The molecule has 1 aromatic heterocycles. The third-order valence-corrected chi connectivity index (χ3v) is 5.86. The molecule has 0 atom stereocenters. The minimum Gasteiger partial charge on any atom is -0.270 e. The zero-order valence-electron chi connectivity index (χ0n) is 14.4. The molecule has 136 valence electrons. The first-order valence-electron chi connectivity index (χ1n) is 7.93. The molecule has 0 bridgehead atoms. The molecule has 0 unspecified atom stereocenters. The van der Waals surface area contributed by atoms with E-state index in [0.717, 1.165) is 11.3 Å². The standard InChI is InChI=1S/C18H18FN3O2S2/c1-13-7-9-14(10-8-13)22-17(15-5-3-4-6-16(15)19)20-21-18(22)25-11-12-26(2,23)24/h3-10H,11-12H2,1-2H3. The number of aromatic nitrogens is 3. The van der Waals surface area contributed by atoms with Gasteiger partial charge in [0, 0.05) is 17.7 Å². The summed E-state index contributed by atoms with van der Waals surface area (Å²) < 4.78 is 38.8. The highest BCUT2D eigenvalue weighted by Gasteiger charge is 2.19. The van der Waals surface area contributed by atoms with Gasteiger partial charge in [-0.3, -0.25) is 4.57 Å². The van der Waals surface area contributed by atoms with E-state index in [2.05, 4.69) is 10.2 Å². The third kappa shape index (κ3) is 4.31. The highest BCUT2D eigenvalue weighted by atomic mass is 32.2. The van der Waals surface area contributed by atoms with Crippen LogP contribution in [-0.4, -0.2) is 40.9 Å². The predicted molar refractivity (Wildman–Crippen MR) is 102 cm³/mol. The number of sulfone groups is 1. The van der Waals surface area contributed by atoms with Gasteiger partial charge in [0.05, 0.1) is 11.3 Å². The second kappa shape index (κ2) is 7.59. The van der Waals surface area contributed by atoms with Gasteiger partial charge in [-0.15, -0.1) is 10.2 Å². The van der Waals surface area contributed by atoms with E-state index in [1.54, 1.807) is 22.8 Å². The van der Waals surface area contributed by atoms with Crippen molar-refractivity contribution in [2.75, 3.05) is 17.8 Å². The van der Waals surface area contributed by atoms with Crippen molar-refractivity contribution in [2.45, 2.75) is 12.1 Å². The van der Waals surface area contributed by atoms with Crippen molar-refractivity contribution in [1.82, 2.24) is 14.8 Å². The summed E-state index contributed by atoms with van der Waals surface area (Å²) in [5.41, 5.74) is 2.23. The third-order valence-electron chi connectivity index (χ3n) is 3.73. The molecule has 3 aromatic rings. The van der Waals surface area contributed by atoms with Crippen LogP contribution in [0.1, 0.15) is 5.56 Å². The Kier molecular flexibility index (Phi) is 5.43. The van der Waals surface area contributed by atoms with Gasteiger partial charge < -0.3 is 0 Å². The first-order chi connectivity index (χ1) is 12.3. The maximum Gasteiger partial charge on any atom is 0.196 e. The first-order valence-corrected chi connectivity index (χ1v) is 11.0. The largest absolute Gasteiger partial charge is 0.270 e. The van der Waals surface area contributed by atoms with Crippen LogP contribution in [0.15, 0.2) is 53.7 Å². The lowest BCUT2D eigenvalue weighted by molar-refractivity contribution is 0.603. The normalized spacial score (nSPS) is 11.7. The second-order valence-corrected chi connectivity index (χ2v) is 9.26. The number of aryl methyl sites for hydroxylation is 1. The second-order valence-electron chi connectivity index (χ2n) is 5.94. The Morgan fingerprint density at radius 3 is 2.42 bits per heavy atom. The van der Waals surface area contributed by atoms with Crippen LogP contribution in [0.3, 0.4) is 0 Å². The number of benzene rings is 2. The Bertz CT molecular complexity index is 1020. The van der Waals surface area contributed by atoms with Crippen LogP contribution in [0.4, 0.5) is 4.39 Å². The first kappa shape index (κ1) is 18.6. The number of nitrogens with zero attached hydrogens (tertiary/aromatic N) is 3. The molecule has 0 amide bonds. The monoisotopic (exact) mass is 391 g/mol. The highest BCUT2D eigenvalue weighted by Crippen LogP contribution is 2.29. The van der Waals surface area contributed by atoms with Gasteiger partial charge in [-0.25, -0.2) is 12.8 Å². The molecule has 8 heteroatoms. The molecule has 0 radical (unpaired) electrons. The Hall–Kier alpha value is -2.19.